The number of halogens is 1. The van der Waals surface area contributed by atoms with Crippen LogP contribution in [0.1, 0.15) is 12.5 Å². The van der Waals surface area contributed by atoms with Crippen molar-refractivity contribution in [1.82, 2.24) is 10.2 Å². The molecule has 1 atom stereocenters. The Morgan fingerprint density at radius 3 is 3.14 bits per heavy atom. The summed E-state index contributed by atoms with van der Waals surface area (Å²) in [6.45, 7) is 4.55. The summed E-state index contributed by atoms with van der Waals surface area (Å²) in [7, 11) is 0. The maximum absolute atomic E-state index is 13.3. The number of carbonyl (C=O) groups excluding carboxylic acids is 1. The van der Waals surface area contributed by atoms with Gasteiger partial charge in [0, 0.05) is 31.2 Å². The van der Waals surface area contributed by atoms with Gasteiger partial charge in [-0.3, -0.25) is 4.79 Å². The SMILES string of the molecule is C[C@H]1CNCCN1C1=NC(=O)/C(=C/c2cc(F)ccc2O)S1. The van der Waals surface area contributed by atoms with Gasteiger partial charge >= 0.3 is 0 Å². The second-order valence-corrected chi connectivity index (χ2v) is 6.27. The predicted octanol–water partition coefficient (Wildman–Crippen LogP) is 1.80. The molecule has 0 spiro atoms. The van der Waals surface area contributed by atoms with Crippen molar-refractivity contribution >= 4 is 28.9 Å². The molecule has 0 unspecified atom stereocenters. The van der Waals surface area contributed by atoms with Crippen molar-refractivity contribution in [3.8, 4) is 5.75 Å². The summed E-state index contributed by atoms with van der Waals surface area (Å²) in [6.07, 6.45) is 1.48. The van der Waals surface area contributed by atoms with Crippen molar-refractivity contribution in [2.45, 2.75) is 13.0 Å². The van der Waals surface area contributed by atoms with Gasteiger partial charge in [-0.15, -0.1) is 0 Å². The first-order valence-corrected chi connectivity index (χ1v) is 7.84. The smallest absolute Gasteiger partial charge is 0.286 e. The van der Waals surface area contributed by atoms with Gasteiger partial charge in [0.1, 0.15) is 11.6 Å². The summed E-state index contributed by atoms with van der Waals surface area (Å²) in [5, 5.41) is 13.7. The molecular weight excluding hydrogens is 305 g/mol. The third-order valence-corrected chi connectivity index (χ3v) is 4.65. The second kappa shape index (κ2) is 6.10. The molecule has 0 aromatic heterocycles. The summed E-state index contributed by atoms with van der Waals surface area (Å²) in [4.78, 5) is 18.6. The Balaban J connectivity index is 1.82. The van der Waals surface area contributed by atoms with Gasteiger partial charge in [0.2, 0.25) is 0 Å². The van der Waals surface area contributed by atoms with E-state index in [4.69, 9.17) is 0 Å². The fraction of sp³-hybridized carbons (Fsp3) is 0.333. The fourth-order valence-corrected chi connectivity index (χ4v) is 3.46. The van der Waals surface area contributed by atoms with Crippen LogP contribution in [0.4, 0.5) is 4.39 Å². The molecule has 1 aromatic carbocycles. The number of rotatable bonds is 1. The zero-order valence-electron chi connectivity index (χ0n) is 12.0. The number of benzene rings is 1. The van der Waals surface area contributed by atoms with E-state index in [0.29, 0.717) is 10.1 Å². The molecule has 1 amide bonds. The van der Waals surface area contributed by atoms with Gasteiger partial charge < -0.3 is 15.3 Å². The molecule has 1 fully saturated rings. The number of phenols is 1. The number of piperazine rings is 1. The van der Waals surface area contributed by atoms with Crippen molar-refractivity contribution in [3.63, 3.8) is 0 Å². The maximum Gasteiger partial charge on any atom is 0.286 e. The molecule has 3 rings (SSSR count). The van der Waals surface area contributed by atoms with E-state index >= 15 is 0 Å². The molecule has 0 aliphatic carbocycles. The number of amides is 1. The van der Waals surface area contributed by atoms with Gasteiger partial charge in [-0.2, -0.15) is 4.99 Å². The molecule has 2 N–H and O–H groups in total. The molecule has 1 saturated heterocycles. The number of hydrogen-bond donors (Lipinski definition) is 2. The lowest BCUT2D eigenvalue weighted by Crippen LogP contribution is -2.51. The van der Waals surface area contributed by atoms with Crippen LogP contribution in [0.5, 0.6) is 5.75 Å². The number of thioether (sulfide) groups is 1. The lowest BCUT2D eigenvalue weighted by Gasteiger charge is -2.34. The van der Waals surface area contributed by atoms with E-state index in [9.17, 15) is 14.3 Å². The first-order chi connectivity index (χ1) is 10.5. The summed E-state index contributed by atoms with van der Waals surface area (Å²) < 4.78 is 13.3. The van der Waals surface area contributed by atoms with Gasteiger partial charge in [0.25, 0.3) is 5.91 Å². The van der Waals surface area contributed by atoms with E-state index in [1.807, 2.05) is 0 Å². The molecule has 1 aromatic rings. The fourth-order valence-electron chi connectivity index (χ4n) is 2.43. The number of hydrogen-bond acceptors (Lipinski definition) is 5. The molecule has 0 radical (unpaired) electrons. The molecule has 0 bridgehead atoms. The van der Waals surface area contributed by atoms with Crippen LogP contribution < -0.4 is 5.32 Å². The Morgan fingerprint density at radius 1 is 1.55 bits per heavy atom. The lowest BCUT2D eigenvalue weighted by molar-refractivity contribution is -0.113. The predicted molar refractivity (Wildman–Crippen MR) is 85.1 cm³/mol. The van der Waals surface area contributed by atoms with Crippen LogP contribution in [0, 0.1) is 5.82 Å². The van der Waals surface area contributed by atoms with E-state index in [1.54, 1.807) is 0 Å². The molecule has 0 saturated carbocycles. The molecule has 7 heteroatoms. The zero-order valence-corrected chi connectivity index (χ0v) is 12.9. The first kappa shape index (κ1) is 15.1. The van der Waals surface area contributed by atoms with Crippen LogP contribution in [0.2, 0.25) is 0 Å². The maximum atomic E-state index is 13.3. The van der Waals surface area contributed by atoms with E-state index < -0.39 is 5.82 Å². The van der Waals surface area contributed by atoms with Crippen LogP contribution in [-0.4, -0.2) is 46.8 Å². The van der Waals surface area contributed by atoms with Crippen molar-refractivity contribution in [2.75, 3.05) is 19.6 Å². The number of amidine groups is 1. The monoisotopic (exact) mass is 321 g/mol. The van der Waals surface area contributed by atoms with Gasteiger partial charge in [0.05, 0.1) is 4.91 Å². The van der Waals surface area contributed by atoms with Crippen LogP contribution >= 0.6 is 11.8 Å². The van der Waals surface area contributed by atoms with Crippen LogP contribution in [0.3, 0.4) is 0 Å². The van der Waals surface area contributed by atoms with Gasteiger partial charge in [-0.1, -0.05) is 0 Å². The first-order valence-electron chi connectivity index (χ1n) is 7.03. The average Bonchev–Trinajstić information content (AvgIpc) is 2.84. The van der Waals surface area contributed by atoms with Gasteiger partial charge in [-0.05, 0) is 43.0 Å². The van der Waals surface area contributed by atoms with Gasteiger partial charge in [-0.25, -0.2) is 4.39 Å². The summed E-state index contributed by atoms with van der Waals surface area (Å²) in [6, 6.07) is 3.90. The summed E-state index contributed by atoms with van der Waals surface area (Å²) in [5.41, 5.74) is 0.278. The largest absolute Gasteiger partial charge is 0.507 e. The van der Waals surface area contributed by atoms with E-state index in [2.05, 4.69) is 22.1 Å². The number of nitrogens with one attached hydrogen (secondary N) is 1. The minimum absolute atomic E-state index is 0.0636. The van der Waals surface area contributed by atoms with Crippen molar-refractivity contribution in [1.29, 1.82) is 0 Å². The Morgan fingerprint density at radius 2 is 2.36 bits per heavy atom. The second-order valence-electron chi connectivity index (χ2n) is 5.26. The van der Waals surface area contributed by atoms with Crippen molar-refractivity contribution in [3.05, 3.63) is 34.5 Å². The summed E-state index contributed by atoms with van der Waals surface area (Å²) >= 11 is 1.26. The Hall–Kier alpha value is -1.86. The van der Waals surface area contributed by atoms with Crippen LogP contribution in [0.15, 0.2) is 28.1 Å². The quantitative estimate of drug-likeness (QED) is 0.772. The number of phenolic OH excluding ortho intramolecular Hbond substituents is 1. The van der Waals surface area contributed by atoms with E-state index in [1.165, 1.54) is 36.0 Å². The minimum Gasteiger partial charge on any atom is -0.507 e. The standard InChI is InChI=1S/C15H16FN3O2S/c1-9-8-17-4-5-19(9)15-18-14(21)13(22-15)7-10-6-11(16)2-3-12(10)20/h2-3,6-7,9,17,20H,4-5,8H2,1H3/b13-7-/t9-/m0/s1. The molecule has 2 aliphatic heterocycles. The lowest BCUT2D eigenvalue weighted by atomic mass is 10.2. The number of nitrogens with zero attached hydrogens (tertiary/aromatic N) is 2. The molecule has 116 valence electrons. The van der Waals surface area contributed by atoms with E-state index in [0.717, 1.165) is 19.6 Å². The molecule has 2 heterocycles. The molecule has 2 aliphatic rings. The molecular formula is C15H16FN3O2S. The van der Waals surface area contributed by atoms with Crippen LogP contribution in [0.25, 0.3) is 6.08 Å². The van der Waals surface area contributed by atoms with E-state index in [-0.39, 0.29) is 23.3 Å². The topological polar surface area (TPSA) is 64.9 Å². The van der Waals surface area contributed by atoms with Crippen molar-refractivity contribution < 1.29 is 14.3 Å². The third kappa shape index (κ3) is 3.00. The van der Waals surface area contributed by atoms with Crippen molar-refractivity contribution in [2.24, 2.45) is 4.99 Å². The highest BCUT2D eigenvalue weighted by Gasteiger charge is 2.30. The highest BCUT2D eigenvalue weighted by molar-refractivity contribution is 8.18. The Kier molecular flexibility index (Phi) is 4.17. The highest BCUT2D eigenvalue weighted by atomic mass is 32.2. The molecule has 5 nitrogen and oxygen atoms in total. The minimum atomic E-state index is -0.461. The van der Waals surface area contributed by atoms with Gasteiger partial charge in [0.15, 0.2) is 5.17 Å². The Labute approximate surface area is 131 Å². The van der Waals surface area contributed by atoms with Crippen LogP contribution in [-0.2, 0) is 4.79 Å². The molecule has 22 heavy (non-hydrogen) atoms. The number of aliphatic imine (C=N–C) groups is 1. The summed E-state index contributed by atoms with van der Waals surface area (Å²) in [5.74, 6) is -0.877. The highest BCUT2D eigenvalue weighted by Crippen LogP contribution is 2.33. The Bertz CT molecular complexity index is 675. The number of aromatic hydroxyl groups is 1. The average molecular weight is 321 g/mol. The third-order valence-electron chi connectivity index (χ3n) is 3.63. The zero-order chi connectivity index (χ0) is 15.7. The number of carbonyl (C=O) groups is 1. The normalized spacial score (nSPS) is 24.0.